The van der Waals surface area contributed by atoms with Crippen LogP contribution in [0.25, 0.3) is 0 Å². The number of nitrogens with one attached hydrogen (secondary N) is 1. The van der Waals surface area contributed by atoms with Gasteiger partial charge in [-0.05, 0) is 97.3 Å². The Morgan fingerprint density at radius 3 is 1.80 bits per heavy atom. The van der Waals surface area contributed by atoms with Gasteiger partial charge in [-0.2, -0.15) is 30.4 Å². The van der Waals surface area contributed by atoms with Crippen LogP contribution in [0.3, 0.4) is 0 Å². The third kappa shape index (κ3) is 5.95. The summed E-state index contributed by atoms with van der Waals surface area (Å²) in [6.45, 7) is 1.28. The van der Waals surface area contributed by atoms with E-state index >= 15 is 0 Å². The molecule has 1 aromatic carbocycles. The Labute approximate surface area is 220 Å². The van der Waals surface area contributed by atoms with Crippen LogP contribution in [0.15, 0.2) is 0 Å². The first-order chi connectivity index (χ1) is 13.4. The highest BCUT2D eigenvalue weighted by atomic mass is 127. The van der Waals surface area contributed by atoms with E-state index in [9.17, 15) is 40.0 Å². The minimum absolute atomic E-state index is 0.0466. The van der Waals surface area contributed by atoms with E-state index in [-0.39, 0.29) is 13.7 Å². The fraction of sp³-hybridized carbons (Fsp3) is 0.385. The van der Waals surface area contributed by atoms with Gasteiger partial charge in [0.15, 0.2) is 0 Å². The highest BCUT2D eigenvalue weighted by Crippen LogP contribution is 2.37. The summed E-state index contributed by atoms with van der Waals surface area (Å²) in [6, 6.07) is -4.28. The van der Waals surface area contributed by atoms with Crippen molar-refractivity contribution >= 4 is 112 Å². The van der Waals surface area contributed by atoms with Crippen LogP contribution in [-0.2, 0) is 14.9 Å². The van der Waals surface area contributed by atoms with Gasteiger partial charge in [0.1, 0.15) is 0 Å². The zero-order chi connectivity index (χ0) is 23.8. The zero-order valence-corrected chi connectivity index (χ0v) is 23.5. The van der Waals surface area contributed by atoms with Crippen LogP contribution < -0.4 is 5.32 Å². The molecule has 0 spiro atoms. The fourth-order valence-corrected chi connectivity index (χ4v) is 6.09. The molecule has 0 aliphatic carbocycles. The van der Waals surface area contributed by atoms with Crippen molar-refractivity contribution in [1.29, 1.82) is 0 Å². The quantitative estimate of drug-likeness (QED) is 0.109. The number of halogens is 9. The summed E-state index contributed by atoms with van der Waals surface area (Å²) in [5, 5.41) is -4.89. The van der Waals surface area contributed by atoms with Crippen LogP contribution in [0.5, 0.6) is 0 Å². The summed E-state index contributed by atoms with van der Waals surface area (Å²) < 4.78 is 103. The van der Waals surface area contributed by atoms with Gasteiger partial charge in [-0.25, -0.2) is 4.79 Å². The van der Waals surface area contributed by atoms with Gasteiger partial charge in [-0.3, -0.25) is 9.35 Å². The predicted molar refractivity (Wildman–Crippen MR) is 127 cm³/mol. The number of ether oxygens (including phenoxy) is 1. The minimum atomic E-state index is -6.55. The number of alkyl halides is 5. The molecule has 17 heteroatoms. The van der Waals surface area contributed by atoms with Crippen LogP contribution >= 0.6 is 90.4 Å². The van der Waals surface area contributed by atoms with Gasteiger partial charge in [0.2, 0.25) is 6.04 Å². The molecular weight excluding hydrogens is 901 g/mol. The molecule has 170 valence electrons. The summed E-state index contributed by atoms with van der Waals surface area (Å²) >= 11 is 6.72. The molecule has 0 aliphatic heterocycles. The SMILES string of the molecule is CCOC(=O)c1c(I)c(I)c(I)c(I)c1C(=O)NC(C(F)(F)F)C(F)(F)S(=O)(=O)O. The van der Waals surface area contributed by atoms with Gasteiger partial charge in [-0.15, -0.1) is 0 Å². The molecule has 1 amide bonds. The number of hydrogen-bond acceptors (Lipinski definition) is 5. The Hall–Kier alpha value is 0.640. The molecule has 1 aromatic rings. The molecule has 1 rings (SSSR count). The van der Waals surface area contributed by atoms with Crippen molar-refractivity contribution < 1.29 is 49.2 Å². The Morgan fingerprint density at radius 1 is 1.00 bits per heavy atom. The molecule has 30 heavy (non-hydrogen) atoms. The second kappa shape index (κ2) is 10.3. The van der Waals surface area contributed by atoms with E-state index in [0.29, 0.717) is 7.14 Å². The molecule has 0 radical (unpaired) electrons. The van der Waals surface area contributed by atoms with E-state index in [2.05, 4.69) is 0 Å². The Bertz CT molecular complexity index is 985. The lowest BCUT2D eigenvalue weighted by Gasteiger charge is -2.27. The van der Waals surface area contributed by atoms with Crippen molar-refractivity contribution in [2.75, 3.05) is 6.61 Å². The van der Waals surface area contributed by atoms with Crippen molar-refractivity contribution in [2.24, 2.45) is 0 Å². The van der Waals surface area contributed by atoms with Crippen molar-refractivity contribution in [3.05, 3.63) is 25.4 Å². The van der Waals surface area contributed by atoms with E-state index in [1.54, 1.807) is 45.2 Å². The number of benzene rings is 1. The number of carbonyl (C=O) groups is 2. The Morgan fingerprint density at radius 2 is 1.43 bits per heavy atom. The number of amides is 1. The summed E-state index contributed by atoms with van der Waals surface area (Å²) in [5.74, 6) is -2.90. The van der Waals surface area contributed by atoms with E-state index in [1.807, 2.05) is 22.6 Å². The molecule has 1 atom stereocenters. The summed E-state index contributed by atoms with van der Waals surface area (Å²) in [7, 11) is -6.55. The number of carbonyl (C=O) groups excluding carboxylic acids is 2. The van der Waals surface area contributed by atoms with Crippen LogP contribution in [0.1, 0.15) is 27.6 Å². The van der Waals surface area contributed by atoms with Gasteiger partial charge in [-0.1, -0.05) is 0 Å². The highest BCUT2D eigenvalue weighted by Gasteiger charge is 2.64. The predicted octanol–water partition coefficient (Wildman–Crippen LogP) is 4.42. The molecule has 0 aliphatic rings. The van der Waals surface area contributed by atoms with Crippen molar-refractivity contribution in [3.63, 3.8) is 0 Å². The maximum Gasteiger partial charge on any atom is 0.415 e. The smallest absolute Gasteiger partial charge is 0.415 e. The third-order valence-corrected chi connectivity index (χ3v) is 11.6. The first kappa shape index (κ1) is 28.7. The van der Waals surface area contributed by atoms with E-state index in [4.69, 9.17) is 9.29 Å². The molecule has 7 nitrogen and oxygen atoms in total. The van der Waals surface area contributed by atoms with Crippen LogP contribution in [0.4, 0.5) is 22.0 Å². The van der Waals surface area contributed by atoms with E-state index in [1.165, 1.54) is 29.5 Å². The average molecular weight is 909 g/mol. The van der Waals surface area contributed by atoms with Gasteiger partial charge >= 0.3 is 27.5 Å². The van der Waals surface area contributed by atoms with Crippen LogP contribution in [0.2, 0.25) is 0 Å². The number of rotatable bonds is 6. The molecule has 2 N–H and O–H groups in total. The molecule has 0 bridgehead atoms. The average Bonchev–Trinajstić information content (AvgIpc) is 2.58. The molecule has 0 aromatic heterocycles. The Balaban J connectivity index is 3.72. The molecular formula is C13H8F5I4NO6S. The molecule has 0 saturated heterocycles. The maximum atomic E-state index is 13.8. The minimum Gasteiger partial charge on any atom is -0.462 e. The van der Waals surface area contributed by atoms with Crippen molar-refractivity contribution in [3.8, 4) is 0 Å². The first-order valence-corrected chi connectivity index (χ1v) is 12.9. The molecule has 0 heterocycles. The van der Waals surface area contributed by atoms with Crippen molar-refractivity contribution in [2.45, 2.75) is 24.4 Å². The first-order valence-electron chi connectivity index (χ1n) is 7.15. The highest BCUT2D eigenvalue weighted by molar-refractivity contribution is 14.1. The van der Waals surface area contributed by atoms with Gasteiger partial charge in [0.05, 0.1) is 17.7 Å². The largest absolute Gasteiger partial charge is 0.462 e. The zero-order valence-electron chi connectivity index (χ0n) is 14.1. The Kier molecular flexibility index (Phi) is 9.82. The monoisotopic (exact) mass is 909 g/mol. The van der Waals surface area contributed by atoms with Crippen LogP contribution in [-0.4, -0.2) is 48.9 Å². The molecule has 1 unspecified atom stereocenters. The lowest BCUT2D eigenvalue weighted by molar-refractivity contribution is -0.191. The lowest BCUT2D eigenvalue weighted by Crippen LogP contribution is -2.59. The van der Waals surface area contributed by atoms with E-state index in [0.717, 1.165) is 5.32 Å². The number of hydrogen-bond donors (Lipinski definition) is 2. The summed E-state index contributed by atoms with van der Waals surface area (Å²) in [5.41, 5.74) is -1.18. The van der Waals surface area contributed by atoms with Gasteiger partial charge < -0.3 is 10.1 Å². The number of esters is 1. The topological polar surface area (TPSA) is 110 Å². The third-order valence-electron chi connectivity index (χ3n) is 3.26. The summed E-state index contributed by atoms with van der Waals surface area (Å²) in [6.07, 6.45) is -5.96. The van der Waals surface area contributed by atoms with E-state index < -0.39 is 50.6 Å². The summed E-state index contributed by atoms with van der Waals surface area (Å²) in [4.78, 5) is 24.9. The standard InChI is InChI=1S/C13H8F5I4NO6S/c1-2-29-10(25)4-3(5(19)7(21)8(22)6(4)20)9(24)23-11(12(14,15)16)13(17,18)30(26,27)28/h11H,2H2,1H3,(H,23,24)(H,26,27,28). The van der Waals surface area contributed by atoms with Crippen LogP contribution in [0, 0.1) is 14.3 Å². The molecule has 0 saturated carbocycles. The van der Waals surface area contributed by atoms with Gasteiger partial charge in [0.25, 0.3) is 5.91 Å². The second-order valence-electron chi connectivity index (χ2n) is 5.21. The normalized spacial score (nSPS) is 13.7. The maximum absolute atomic E-state index is 13.8. The second-order valence-corrected chi connectivity index (χ2v) is 11.0. The lowest BCUT2D eigenvalue weighted by atomic mass is 10.1. The molecule has 0 fully saturated rings. The van der Waals surface area contributed by atoms with Gasteiger partial charge in [0, 0.05) is 14.3 Å². The fourth-order valence-electron chi connectivity index (χ4n) is 1.95. The van der Waals surface area contributed by atoms with Crippen molar-refractivity contribution in [1.82, 2.24) is 5.32 Å².